The summed E-state index contributed by atoms with van der Waals surface area (Å²) in [6, 6.07) is 5.69. The molecule has 0 aromatic heterocycles. The smallest absolute Gasteiger partial charge is 0.257 e. The molecule has 1 atom stereocenters. The Labute approximate surface area is 156 Å². The molecular weight excluding hydrogens is 332 g/mol. The van der Waals surface area contributed by atoms with E-state index in [9.17, 15) is 4.79 Å². The highest BCUT2D eigenvalue weighted by atomic mass is 16.5. The molecule has 2 saturated heterocycles. The van der Waals surface area contributed by atoms with Crippen LogP contribution in [0.4, 0.5) is 0 Å². The number of nitrogens with zero attached hydrogens (tertiary/aromatic N) is 2. The SMILES string of the molecule is COc1cccc(C(=O)N(C)C2CCN(CC3CCOC3)CC2)c1OC. The van der Waals surface area contributed by atoms with Gasteiger partial charge in [0.1, 0.15) is 0 Å². The number of ether oxygens (including phenoxy) is 3. The van der Waals surface area contributed by atoms with Crippen LogP contribution in [0.15, 0.2) is 18.2 Å². The predicted molar refractivity (Wildman–Crippen MR) is 100 cm³/mol. The number of hydrogen-bond acceptors (Lipinski definition) is 5. The highest BCUT2D eigenvalue weighted by Crippen LogP contribution is 2.32. The first kappa shape index (κ1) is 19.0. The number of likely N-dealkylation sites (tertiary alicyclic amines) is 1. The van der Waals surface area contributed by atoms with Gasteiger partial charge < -0.3 is 24.0 Å². The van der Waals surface area contributed by atoms with Crippen LogP contribution in [0.2, 0.25) is 0 Å². The normalized spacial score (nSPS) is 21.6. The molecule has 144 valence electrons. The summed E-state index contributed by atoms with van der Waals surface area (Å²) in [6.45, 7) is 4.99. The quantitative estimate of drug-likeness (QED) is 0.777. The highest BCUT2D eigenvalue weighted by molar-refractivity contribution is 5.97. The molecule has 2 heterocycles. The molecule has 3 rings (SSSR count). The lowest BCUT2D eigenvalue weighted by Crippen LogP contribution is -2.46. The van der Waals surface area contributed by atoms with E-state index in [2.05, 4.69) is 4.90 Å². The van der Waals surface area contributed by atoms with Gasteiger partial charge in [0, 0.05) is 39.3 Å². The minimum absolute atomic E-state index is 0.0107. The van der Waals surface area contributed by atoms with Crippen molar-refractivity contribution in [2.24, 2.45) is 5.92 Å². The first-order chi connectivity index (χ1) is 12.6. The minimum Gasteiger partial charge on any atom is -0.493 e. The third-order valence-electron chi connectivity index (χ3n) is 5.60. The van der Waals surface area contributed by atoms with Crippen molar-refractivity contribution < 1.29 is 19.0 Å². The molecule has 2 aliphatic heterocycles. The Morgan fingerprint density at radius 3 is 2.62 bits per heavy atom. The van der Waals surface area contributed by atoms with Crippen molar-refractivity contribution in [1.29, 1.82) is 0 Å². The van der Waals surface area contributed by atoms with Crippen LogP contribution < -0.4 is 9.47 Å². The van der Waals surface area contributed by atoms with E-state index in [0.717, 1.165) is 45.7 Å². The van der Waals surface area contributed by atoms with E-state index < -0.39 is 0 Å². The average molecular weight is 362 g/mol. The van der Waals surface area contributed by atoms with Gasteiger partial charge in [-0.3, -0.25) is 4.79 Å². The van der Waals surface area contributed by atoms with Crippen molar-refractivity contribution in [3.8, 4) is 11.5 Å². The molecular formula is C20H30N2O4. The summed E-state index contributed by atoms with van der Waals surface area (Å²) in [5.74, 6) is 1.75. The summed E-state index contributed by atoms with van der Waals surface area (Å²) in [5.41, 5.74) is 0.555. The Morgan fingerprint density at radius 1 is 1.23 bits per heavy atom. The van der Waals surface area contributed by atoms with Crippen LogP contribution in [0.5, 0.6) is 11.5 Å². The molecule has 0 radical (unpaired) electrons. The van der Waals surface area contributed by atoms with Crippen molar-refractivity contribution in [3.63, 3.8) is 0 Å². The zero-order valence-electron chi connectivity index (χ0n) is 16.1. The average Bonchev–Trinajstić information content (AvgIpc) is 3.19. The van der Waals surface area contributed by atoms with Gasteiger partial charge in [0.15, 0.2) is 11.5 Å². The van der Waals surface area contributed by atoms with Gasteiger partial charge in [-0.1, -0.05) is 6.07 Å². The number of carbonyl (C=O) groups is 1. The molecule has 6 nitrogen and oxygen atoms in total. The molecule has 2 fully saturated rings. The van der Waals surface area contributed by atoms with Crippen LogP contribution in [0, 0.1) is 5.92 Å². The molecule has 0 aliphatic carbocycles. The summed E-state index contributed by atoms with van der Waals surface area (Å²) in [7, 11) is 5.05. The fraction of sp³-hybridized carbons (Fsp3) is 0.650. The summed E-state index contributed by atoms with van der Waals surface area (Å²) in [6.07, 6.45) is 3.18. The molecule has 1 aromatic rings. The van der Waals surface area contributed by atoms with Crippen LogP contribution in [0.3, 0.4) is 0 Å². The number of hydrogen-bond donors (Lipinski definition) is 0. The standard InChI is InChI=1S/C20H30N2O4/c1-21(20(23)17-5-4-6-18(24-2)19(17)25-3)16-7-10-22(11-8-16)13-15-9-12-26-14-15/h4-6,15-16H,7-14H2,1-3H3. The van der Waals surface area contributed by atoms with E-state index in [4.69, 9.17) is 14.2 Å². The second-order valence-electron chi connectivity index (χ2n) is 7.22. The number of methoxy groups -OCH3 is 2. The maximum atomic E-state index is 13.0. The van der Waals surface area contributed by atoms with E-state index in [1.807, 2.05) is 18.0 Å². The Hall–Kier alpha value is -1.79. The molecule has 1 aromatic carbocycles. The van der Waals surface area contributed by atoms with Gasteiger partial charge in [0.05, 0.1) is 26.4 Å². The van der Waals surface area contributed by atoms with Gasteiger partial charge in [-0.15, -0.1) is 0 Å². The Balaban J connectivity index is 1.59. The van der Waals surface area contributed by atoms with E-state index >= 15 is 0 Å². The lowest BCUT2D eigenvalue weighted by atomic mass is 10.0. The second-order valence-corrected chi connectivity index (χ2v) is 7.22. The fourth-order valence-electron chi connectivity index (χ4n) is 3.99. The number of carbonyl (C=O) groups excluding carboxylic acids is 1. The van der Waals surface area contributed by atoms with Crippen LogP contribution in [-0.4, -0.2) is 75.9 Å². The van der Waals surface area contributed by atoms with E-state index in [1.165, 1.54) is 6.42 Å². The van der Waals surface area contributed by atoms with Gasteiger partial charge in [0.25, 0.3) is 5.91 Å². The largest absolute Gasteiger partial charge is 0.493 e. The maximum Gasteiger partial charge on any atom is 0.257 e. The zero-order chi connectivity index (χ0) is 18.5. The predicted octanol–water partition coefficient (Wildman–Crippen LogP) is 2.28. The summed E-state index contributed by atoms with van der Waals surface area (Å²) >= 11 is 0. The molecule has 26 heavy (non-hydrogen) atoms. The lowest BCUT2D eigenvalue weighted by Gasteiger charge is -2.37. The minimum atomic E-state index is -0.0107. The lowest BCUT2D eigenvalue weighted by molar-refractivity contribution is 0.0621. The van der Waals surface area contributed by atoms with Crippen LogP contribution in [0.1, 0.15) is 29.6 Å². The molecule has 1 unspecified atom stereocenters. The molecule has 6 heteroatoms. The Kier molecular flexibility index (Phi) is 6.38. The third kappa shape index (κ3) is 4.13. The van der Waals surface area contributed by atoms with E-state index in [-0.39, 0.29) is 11.9 Å². The molecule has 0 saturated carbocycles. The van der Waals surface area contributed by atoms with Crippen LogP contribution in [0.25, 0.3) is 0 Å². The molecule has 1 amide bonds. The first-order valence-corrected chi connectivity index (χ1v) is 9.42. The topological polar surface area (TPSA) is 51.2 Å². The zero-order valence-corrected chi connectivity index (χ0v) is 16.1. The third-order valence-corrected chi connectivity index (χ3v) is 5.60. The van der Waals surface area contributed by atoms with Gasteiger partial charge >= 0.3 is 0 Å². The summed E-state index contributed by atoms with van der Waals surface area (Å²) in [5, 5.41) is 0. The first-order valence-electron chi connectivity index (χ1n) is 9.42. The second kappa shape index (κ2) is 8.73. The molecule has 0 N–H and O–H groups in total. The van der Waals surface area contributed by atoms with E-state index in [1.54, 1.807) is 26.4 Å². The van der Waals surface area contributed by atoms with Gasteiger partial charge in [0.2, 0.25) is 0 Å². The summed E-state index contributed by atoms with van der Waals surface area (Å²) < 4.78 is 16.2. The van der Waals surface area contributed by atoms with E-state index in [0.29, 0.717) is 23.0 Å². The van der Waals surface area contributed by atoms with Crippen molar-refractivity contribution in [1.82, 2.24) is 9.80 Å². The van der Waals surface area contributed by atoms with Crippen molar-refractivity contribution >= 4 is 5.91 Å². The highest BCUT2D eigenvalue weighted by Gasteiger charge is 2.29. The van der Waals surface area contributed by atoms with Gasteiger partial charge in [-0.2, -0.15) is 0 Å². The molecule has 0 spiro atoms. The molecule has 2 aliphatic rings. The van der Waals surface area contributed by atoms with Crippen molar-refractivity contribution in [2.45, 2.75) is 25.3 Å². The molecule has 0 bridgehead atoms. The summed E-state index contributed by atoms with van der Waals surface area (Å²) in [4.78, 5) is 17.4. The maximum absolute atomic E-state index is 13.0. The number of benzene rings is 1. The number of amides is 1. The van der Waals surface area contributed by atoms with Crippen LogP contribution >= 0.6 is 0 Å². The Bertz CT molecular complexity index is 608. The van der Waals surface area contributed by atoms with Gasteiger partial charge in [-0.25, -0.2) is 0 Å². The number of rotatable bonds is 6. The number of para-hydroxylation sites is 1. The fourth-order valence-corrected chi connectivity index (χ4v) is 3.99. The van der Waals surface area contributed by atoms with Crippen molar-refractivity contribution in [3.05, 3.63) is 23.8 Å². The monoisotopic (exact) mass is 362 g/mol. The van der Waals surface area contributed by atoms with Crippen molar-refractivity contribution in [2.75, 3.05) is 54.1 Å². The Morgan fingerprint density at radius 2 is 2.00 bits per heavy atom. The van der Waals surface area contributed by atoms with Crippen LogP contribution in [-0.2, 0) is 4.74 Å². The number of piperidine rings is 1. The van der Waals surface area contributed by atoms with Gasteiger partial charge in [-0.05, 0) is 37.3 Å².